The molecule has 5 heteroatoms. The van der Waals surface area contributed by atoms with Crippen LogP contribution in [0.15, 0.2) is 45.4 Å². The molecule has 0 radical (unpaired) electrons. The Kier molecular flexibility index (Phi) is 2.97. The number of Topliss-reactive ketones (excluding diaryl/α,β-unsaturated/α-hetero) is 1. The van der Waals surface area contributed by atoms with Gasteiger partial charge < -0.3 is 14.8 Å². The number of dihydropyridines is 1. The topological polar surface area (TPSA) is 79.5 Å². The van der Waals surface area contributed by atoms with Gasteiger partial charge in [-0.25, -0.2) is 4.79 Å². The number of furan rings is 1. The minimum atomic E-state index is -1.03. The average molecular weight is 273 g/mol. The Labute approximate surface area is 116 Å². The van der Waals surface area contributed by atoms with Crippen molar-refractivity contribution in [3.05, 3.63) is 46.7 Å². The third-order valence-electron chi connectivity index (χ3n) is 3.83. The molecule has 0 aromatic carbocycles. The van der Waals surface area contributed by atoms with E-state index >= 15 is 0 Å². The molecule has 0 spiro atoms. The van der Waals surface area contributed by atoms with Crippen molar-refractivity contribution in [2.24, 2.45) is 0 Å². The van der Waals surface area contributed by atoms with Gasteiger partial charge in [-0.2, -0.15) is 0 Å². The third kappa shape index (κ3) is 1.86. The maximum absolute atomic E-state index is 12.3. The molecular formula is C15H15NO4. The predicted molar refractivity (Wildman–Crippen MR) is 70.8 cm³/mol. The van der Waals surface area contributed by atoms with Gasteiger partial charge in [-0.05, 0) is 31.9 Å². The highest BCUT2D eigenvalue weighted by molar-refractivity contribution is 6.03. The first-order valence-electron chi connectivity index (χ1n) is 6.60. The molecule has 0 amide bonds. The summed E-state index contributed by atoms with van der Waals surface area (Å²) in [5, 5.41) is 12.6. The van der Waals surface area contributed by atoms with Crippen molar-refractivity contribution in [3.63, 3.8) is 0 Å². The molecule has 0 fully saturated rings. The lowest BCUT2D eigenvalue weighted by Crippen LogP contribution is -2.33. The van der Waals surface area contributed by atoms with Gasteiger partial charge in [0, 0.05) is 23.4 Å². The van der Waals surface area contributed by atoms with Gasteiger partial charge in [0.2, 0.25) is 0 Å². The van der Waals surface area contributed by atoms with Gasteiger partial charge in [-0.15, -0.1) is 0 Å². The van der Waals surface area contributed by atoms with Gasteiger partial charge >= 0.3 is 5.97 Å². The molecule has 2 aliphatic rings. The van der Waals surface area contributed by atoms with Crippen LogP contribution in [0.3, 0.4) is 0 Å². The molecule has 5 nitrogen and oxygen atoms in total. The standard InChI is InChI=1S/C15H15NO4/c1-8-12(15(18)19)14(11-6-3-7-20-11)13-9(16-8)4-2-5-10(13)17/h3,6-7,14,16H,2,4-5H2,1H3,(H,18,19). The van der Waals surface area contributed by atoms with E-state index in [0.29, 0.717) is 23.5 Å². The highest BCUT2D eigenvalue weighted by Gasteiger charge is 2.39. The first-order valence-corrected chi connectivity index (χ1v) is 6.60. The van der Waals surface area contributed by atoms with Crippen LogP contribution in [0.4, 0.5) is 0 Å². The summed E-state index contributed by atoms with van der Waals surface area (Å²) in [6.07, 6.45) is 3.52. The molecule has 1 aliphatic heterocycles. The second-order valence-electron chi connectivity index (χ2n) is 5.09. The molecule has 0 saturated carbocycles. The number of carboxylic acid groups (broad SMARTS) is 1. The fraction of sp³-hybridized carbons (Fsp3) is 0.333. The number of hydrogen-bond acceptors (Lipinski definition) is 4. The van der Waals surface area contributed by atoms with E-state index < -0.39 is 11.9 Å². The number of aliphatic carboxylic acids is 1. The van der Waals surface area contributed by atoms with Crippen LogP contribution >= 0.6 is 0 Å². The van der Waals surface area contributed by atoms with Crippen molar-refractivity contribution in [3.8, 4) is 0 Å². The SMILES string of the molecule is CC1=C(C(=O)O)C(c2ccco2)C2=C(CCCC2=O)N1. The highest BCUT2D eigenvalue weighted by Crippen LogP contribution is 2.42. The third-order valence-corrected chi connectivity index (χ3v) is 3.83. The number of carbonyl (C=O) groups excluding carboxylic acids is 1. The molecule has 104 valence electrons. The molecular weight excluding hydrogens is 258 g/mol. The van der Waals surface area contributed by atoms with Gasteiger partial charge in [0.1, 0.15) is 5.76 Å². The Morgan fingerprint density at radius 1 is 1.45 bits per heavy atom. The molecule has 1 aliphatic carbocycles. The van der Waals surface area contributed by atoms with Crippen molar-refractivity contribution in [2.45, 2.75) is 32.1 Å². The molecule has 0 saturated heterocycles. The summed E-state index contributed by atoms with van der Waals surface area (Å²) in [6.45, 7) is 1.72. The summed E-state index contributed by atoms with van der Waals surface area (Å²) < 4.78 is 5.39. The zero-order chi connectivity index (χ0) is 14.3. The molecule has 2 N–H and O–H groups in total. The fourth-order valence-corrected chi connectivity index (χ4v) is 3.01. The van der Waals surface area contributed by atoms with Gasteiger partial charge in [-0.1, -0.05) is 0 Å². The van der Waals surface area contributed by atoms with Gasteiger partial charge in [-0.3, -0.25) is 4.79 Å². The molecule has 1 aromatic rings. The number of allylic oxidation sites excluding steroid dienone is 3. The van der Waals surface area contributed by atoms with E-state index in [2.05, 4.69) is 5.32 Å². The molecule has 3 rings (SSSR count). The van der Waals surface area contributed by atoms with E-state index in [0.717, 1.165) is 18.5 Å². The van der Waals surface area contributed by atoms with Crippen molar-refractivity contribution in [1.29, 1.82) is 0 Å². The largest absolute Gasteiger partial charge is 0.478 e. The Balaban J connectivity index is 2.19. The smallest absolute Gasteiger partial charge is 0.334 e. The van der Waals surface area contributed by atoms with Crippen molar-refractivity contribution < 1.29 is 19.1 Å². The number of carboxylic acids is 1. The Hall–Kier alpha value is -2.30. The molecule has 1 atom stereocenters. The first-order chi connectivity index (χ1) is 9.59. The van der Waals surface area contributed by atoms with E-state index in [9.17, 15) is 14.7 Å². The summed E-state index contributed by atoms with van der Waals surface area (Å²) in [7, 11) is 0. The van der Waals surface area contributed by atoms with E-state index in [4.69, 9.17) is 4.42 Å². The average Bonchev–Trinajstić information content (AvgIpc) is 2.90. The molecule has 20 heavy (non-hydrogen) atoms. The first kappa shape index (κ1) is 12.7. The summed E-state index contributed by atoms with van der Waals surface area (Å²) in [5.74, 6) is -1.12. The molecule has 2 heterocycles. The maximum atomic E-state index is 12.3. The van der Waals surface area contributed by atoms with Crippen LogP contribution in [-0.2, 0) is 9.59 Å². The molecule has 1 unspecified atom stereocenters. The zero-order valence-corrected chi connectivity index (χ0v) is 11.1. The van der Waals surface area contributed by atoms with E-state index in [-0.39, 0.29) is 11.4 Å². The number of ketones is 1. The lowest BCUT2D eigenvalue weighted by Gasteiger charge is -2.32. The van der Waals surface area contributed by atoms with Gasteiger partial charge in [0.25, 0.3) is 0 Å². The monoisotopic (exact) mass is 273 g/mol. The minimum absolute atomic E-state index is 0.00593. The lowest BCUT2D eigenvalue weighted by atomic mass is 9.77. The van der Waals surface area contributed by atoms with E-state index in [1.54, 1.807) is 19.1 Å². The van der Waals surface area contributed by atoms with Crippen LogP contribution in [-0.4, -0.2) is 16.9 Å². The lowest BCUT2D eigenvalue weighted by molar-refractivity contribution is -0.133. The van der Waals surface area contributed by atoms with E-state index in [1.807, 2.05) is 0 Å². The van der Waals surface area contributed by atoms with Crippen LogP contribution < -0.4 is 5.32 Å². The maximum Gasteiger partial charge on any atom is 0.334 e. The summed E-state index contributed by atoms with van der Waals surface area (Å²) in [5.41, 5.74) is 2.15. The van der Waals surface area contributed by atoms with Crippen molar-refractivity contribution >= 4 is 11.8 Å². The predicted octanol–water partition coefficient (Wildman–Crippen LogP) is 2.33. The highest BCUT2D eigenvalue weighted by atomic mass is 16.4. The van der Waals surface area contributed by atoms with Crippen molar-refractivity contribution in [1.82, 2.24) is 5.32 Å². The summed E-state index contributed by atoms with van der Waals surface area (Å²) >= 11 is 0. The number of rotatable bonds is 2. The van der Waals surface area contributed by atoms with Crippen LogP contribution in [0, 0.1) is 0 Å². The second kappa shape index (κ2) is 4.67. The van der Waals surface area contributed by atoms with Crippen LogP contribution in [0.2, 0.25) is 0 Å². The van der Waals surface area contributed by atoms with Crippen molar-refractivity contribution in [2.75, 3.05) is 0 Å². The van der Waals surface area contributed by atoms with Gasteiger partial charge in [0.15, 0.2) is 5.78 Å². The minimum Gasteiger partial charge on any atom is -0.478 e. The second-order valence-corrected chi connectivity index (χ2v) is 5.09. The zero-order valence-electron chi connectivity index (χ0n) is 11.1. The normalized spacial score (nSPS) is 22.6. The summed E-state index contributed by atoms with van der Waals surface area (Å²) in [6, 6.07) is 3.43. The number of carbonyl (C=O) groups is 2. The van der Waals surface area contributed by atoms with E-state index in [1.165, 1.54) is 6.26 Å². The Morgan fingerprint density at radius 2 is 2.25 bits per heavy atom. The fourth-order valence-electron chi connectivity index (χ4n) is 3.01. The van der Waals surface area contributed by atoms with Gasteiger partial charge in [0.05, 0.1) is 17.8 Å². The van der Waals surface area contributed by atoms with Crippen LogP contribution in [0.25, 0.3) is 0 Å². The number of nitrogens with one attached hydrogen (secondary N) is 1. The molecule has 1 aromatic heterocycles. The summed E-state index contributed by atoms with van der Waals surface area (Å²) in [4.78, 5) is 23.8. The molecule has 0 bridgehead atoms. The Morgan fingerprint density at radius 3 is 2.90 bits per heavy atom. The Bertz CT molecular complexity index is 637. The van der Waals surface area contributed by atoms with Crippen LogP contribution in [0.5, 0.6) is 0 Å². The number of hydrogen-bond donors (Lipinski definition) is 2. The van der Waals surface area contributed by atoms with Crippen LogP contribution in [0.1, 0.15) is 37.9 Å². The quantitative estimate of drug-likeness (QED) is 0.864.